The second kappa shape index (κ2) is 10.2. The standard InChI is InChI=1S/C22H29N7O2S/c1-4-32-22-25-19(28-11-13-31-14-12-28)18-15-24-29(20(18)26-22)10-9-23-21(30)16-5-7-17(8-6-16)27(2)3/h5-8,15H,4,9-14H2,1-3H3,(H,23,30). The minimum atomic E-state index is -0.0994. The molecule has 170 valence electrons. The molecule has 1 N–H and O–H groups in total. The fourth-order valence-electron chi connectivity index (χ4n) is 3.58. The van der Waals surface area contributed by atoms with Crippen molar-refractivity contribution in [2.75, 3.05) is 62.5 Å². The fourth-order valence-corrected chi connectivity index (χ4v) is 4.14. The number of hydrogen-bond acceptors (Lipinski definition) is 8. The lowest BCUT2D eigenvalue weighted by Gasteiger charge is -2.28. The van der Waals surface area contributed by atoms with Crippen LogP contribution in [0, 0.1) is 0 Å². The summed E-state index contributed by atoms with van der Waals surface area (Å²) in [5, 5.41) is 9.19. The molecule has 1 saturated heterocycles. The van der Waals surface area contributed by atoms with Gasteiger partial charge in [-0.3, -0.25) is 4.79 Å². The number of aromatic nitrogens is 4. The van der Waals surface area contributed by atoms with Gasteiger partial charge in [-0.2, -0.15) is 5.10 Å². The van der Waals surface area contributed by atoms with Crippen molar-refractivity contribution in [2.45, 2.75) is 18.6 Å². The number of morpholine rings is 1. The highest BCUT2D eigenvalue weighted by Gasteiger charge is 2.20. The lowest BCUT2D eigenvalue weighted by Crippen LogP contribution is -2.37. The van der Waals surface area contributed by atoms with E-state index in [0.717, 1.165) is 46.5 Å². The van der Waals surface area contributed by atoms with Gasteiger partial charge in [-0.1, -0.05) is 18.7 Å². The second-order valence-corrected chi connectivity index (χ2v) is 8.90. The number of carbonyl (C=O) groups is 1. The highest BCUT2D eigenvalue weighted by molar-refractivity contribution is 7.99. The first-order valence-corrected chi connectivity index (χ1v) is 11.8. The van der Waals surface area contributed by atoms with Gasteiger partial charge in [0.25, 0.3) is 5.91 Å². The first-order valence-electron chi connectivity index (χ1n) is 10.8. The monoisotopic (exact) mass is 455 g/mol. The molecule has 3 heterocycles. The number of benzene rings is 1. The Labute approximate surface area is 192 Å². The van der Waals surface area contributed by atoms with Gasteiger partial charge < -0.3 is 19.9 Å². The van der Waals surface area contributed by atoms with E-state index in [-0.39, 0.29) is 5.91 Å². The Balaban J connectivity index is 1.48. The van der Waals surface area contributed by atoms with Gasteiger partial charge in [0.05, 0.1) is 31.3 Å². The molecule has 3 aromatic rings. The normalized spacial score (nSPS) is 14.0. The summed E-state index contributed by atoms with van der Waals surface area (Å²) in [6.45, 7) is 6.06. The van der Waals surface area contributed by atoms with Crippen molar-refractivity contribution >= 4 is 40.2 Å². The fraction of sp³-hybridized carbons (Fsp3) is 0.455. The molecular weight excluding hydrogens is 426 g/mol. The van der Waals surface area contributed by atoms with Crippen LogP contribution in [-0.4, -0.2) is 78.4 Å². The molecule has 0 radical (unpaired) electrons. The molecule has 1 aliphatic rings. The number of anilines is 2. The molecular formula is C22H29N7O2S. The topological polar surface area (TPSA) is 88.4 Å². The average molecular weight is 456 g/mol. The van der Waals surface area contributed by atoms with Gasteiger partial charge in [-0.15, -0.1) is 0 Å². The van der Waals surface area contributed by atoms with Gasteiger partial charge in [-0.25, -0.2) is 14.6 Å². The Morgan fingerprint density at radius 3 is 2.62 bits per heavy atom. The van der Waals surface area contributed by atoms with E-state index in [1.807, 2.05) is 54.1 Å². The summed E-state index contributed by atoms with van der Waals surface area (Å²) >= 11 is 1.62. The van der Waals surface area contributed by atoms with E-state index >= 15 is 0 Å². The molecule has 0 spiro atoms. The molecule has 0 unspecified atom stereocenters. The first-order chi connectivity index (χ1) is 15.6. The molecule has 0 aliphatic carbocycles. The maximum Gasteiger partial charge on any atom is 0.251 e. The average Bonchev–Trinajstić information content (AvgIpc) is 3.22. The predicted octanol–water partition coefficient (Wildman–Crippen LogP) is 2.27. The van der Waals surface area contributed by atoms with E-state index < -0.39 is 0 Å². The van der Waals surface area contributed by atoms with Crippen LogP contribution in [-0.2, 0) is 11.3 Å². The number of hydrogen-bond donors (Lipinski definition) is 1. The van der Waals surface area contributed by atoms with Gasteiger partial charge >= 0.3 is 0 Å². The number of amides is 1. The van der Waals surface area contributed by atoms with Crippen LogP contribution in [0.25, 0.3) is 11.0 Å². The molecule has 9 nitrogen and oxygen atoms in total. The van der Waals surface area contributed by atoms with Gasteiger partial charge in [0.2, 0.25) is 0 Å². The number of ether oxygens (including phenoxy) is 1. The largest absolute Gasteiger partial charge is 0.378 e. The summed E-state index contributed by atoms with van der Waals surface area (Å²) in [4.78, 5) is 26.3. The minimum Gasteiger partial charge on any atom is -0.378 e. The number of rotatable bonds is 8. The van der Waals surface area contributed by atoms with Crippen molar-refractivity contribution in [2.24, 2.45) is 0 Å². The third-order valence-corrected chi connectivity index (χ3v) is 6.02. The lowest BCUT2D eigenvalue weighted by molar-refractivity contribution is 0.0952. The quantitative estimate of drug-likeness (QED) is 0.409. The van der Waals surface area contributed by atoms with Crippen LogP contribution >= 0.6 is 11.8 Å². The van der Waals surface area contributed by atoms with E-state index in [0.29, 0.717) is 31.9 Å². The summed E-state index contributed by atoms with van der Waals surface area (Å²) in [5.41, 5.74) is 2.49. The summed E-state index contributed by atoms with van der Waals surface area (Å²) in [5.74, 6) is 1.70. The second-order valence-electron chi connectivity index (χ2n) is 7.66. The number of thioether (sulfide) groups is 1. The third kappa shape index (κ3) is 4.97. The Hall–Kier alpha value is -2.85. The zero-order valence-corrected chi connectivity index (χ0v) is 19.6. The lowest BCUT2D eigenvalue weighted by atomic mass is 10.2. The first kappa shape index (κ1) is 22.3. The predicted molar refractivity (Wildman–Crippen MR) is 128 cm³/mol. The number of fused-ring (bicyclic) bond motifs is 1. The van der Waals surface area contributed by atoms with Gasteiger partial charge in [0.15, 0.2) is 10.8 Å². The molecule has 0 saturated carbocycles. The molecule has 32 heavy (non-hydrogen) atoms. The van der Waals surface area contributed by atoms with Crippen LogP contribution in [0.3, 0.4) is 0 Å². The van der Waals surface area contributed by atoms with Crippen LogP contribution in [0.2, 0.25) is 0 Å². The Morgan fingerprint density at radius 1 is 1.19 bits per heavy atom. The Kier molecular flexibility index (Phi) is 7.11. The Morgan fingerprint density at radius 2 is 1.94 bits per heavy atom. The van der Waals surface area contributed by atoms with Crippen molar-refractivity contribution in [3.8, 4) is 0 Å². The number of nitrogens with one attached hydrogen (secondary N) is 1. The van der Waals surface area contributed by atoms with Crippen molar-refractivity contribution < 1.29 is 9.53 Å². The smallest absolute Gasteiger partial charge is 0.251 e. The summed E-state index contributed by atoms with van der Waals surface area (Å²) in [7, 11) is 3.95. The molecule has 4 rings (SSSR count). The molecule has 1 amide bonds. The zero-order valence-electron chi connectivity index (χ0n) is 18.7. The van der Waals surface area contributed by atoms with Crippen LogP contribution in [0.4, 0.5) is 11.5 Å². The SMILES string of the molecule is CCSc1nc(N2CCOCC2)c2cnn(CCNC(=O)c3ccc(N(C)C)cc3)c2n1. The van der Waals surface area contributed by atoms with Crippen molar-refractivity contribution in [1.29, 1.82) is 0 Å². The van der Waals surface area contributed by atoms with Crippen LogP contribution in [0.15, 0.2) is 35.6 Å². The highest BCUT2D eigenvalue weighted by Crippen LogP contribution is 2.27. The van der Waals surface area contributed by atoms with Gasteiger partial charge in [0.1, 0.15) is 5.82 Å². The van der Waals surface area contributed by atoms with E-state index in [1.54, 1.807) is 11.8 Å². The minimum absolute atomic E-state index is 0.0994. The molecule has 0 bridgehead atoms. The summed E-state index contributed by atoms with van der Waals surface area (Å²) in [6.07, 6.45) is 1.82. The van der Waals surface area contributed by atoms with Gasteiger partial charge in [-0.05, 0) is 30.0 Å². The van der Waals surface area contributed by atoms with Crippen molar-refractivity contribution in [1.82, 2.24) is 25.1 Å². The van der Waals surface area contributed by atoms with Crippen LogP contribution < -0.4 is 15.1 Å². The van der Waals surface area contributed by atoms with E-state index in [9.17, 15) is 4.79 Å². The van der Waals surface area contributed by atoms with E-state index in [1.165, 1.54) is 0 Å². The zero-order chi connectivity index (χ0) is 22.5. The van der Waals surface area contributed by atoms with E-state index in [4.69, 9.17) is 14.7 Å². The molecule has 1 aliphatic heterocycles. The maximum absolute atomic E-state index is 12.5. The van der Waals surface area contributed by atoms with Crippen LogP contribution in [0.1, 0.15) is 17.3 Å². The van der Waals surface area contributed by atoms with Crippen LogP contribution in [0.5, 0.6) is 0 Å². The van der Waals surface area contributed by atoms with Gasteiger partial charge in [0, 0.05) is 45.0 Å². The highest BCUT2D eigenvalue weighted by atomic mass is 32.2. The van der Waals surface area contributed by atoms with Crippen molar-refractivity contribution in [3.63, 3.8) is 0 Å². The molecule has 2 aromatic heterocycles. The molecule has 1 fully saturated rings. The Bertz CT molecular complexity index is 1060. The molecule has 10 heteroatoms. The molecule has 0 atom stereocenters. The molecule has 1 aromatic carbocycles. The number of carbonyl (C=O) groups excluding carboxylic acids is 1. The van der Waals surface area contributed by atoms with Crippen molar-refractivity contribution in [3.05, 3.63) is 36.0 Å². The number of nitrogens with zero attached hydrogens (tertiary/aromatic N) is 6. The third-order valence-electron chi connectivity index (χ3n) is 5.29. The maximum atomic E-state index is 12.5. The summed E-state index contributed by atoms with van der Waals surface area (Å²) < 4.78 is 7.34. The van der Waals surface area contributed by atoms with E-state index in [2.05, 4.69) is 22.2 Å². The summed E-state index contributed by atoms with van der Waals surface area (Å²) in [6, 6.07) is 7.55.